The van der Waals surface area contributed by atoms with Crippen LogP contribution in [0.1, 0.15) is 31.2 Å². The number of nitrogens with zero attached hydrogens (tertiary/aromatic N) is 1. The highest BCUT2D eigenvalue weighted by molar-refractivity contribution is 5.78. The highest BCUT2D eigenvalue weighted by Gasteiger charge is 2.25. The summed E-state index contributed by atoms with van der Waals surface area (Å²) in [4.78, 5) is 13.9. The fourth-order valence-electron chi connectivity index (χ4n) is 2.83. The van der Waals surface area contributed by atoms with Gasteiger partial charge in [0.15, 0.2) is 0 Å². The predicted molar refractivity (Wildman–Crippen MR) is 77.4 cm³/mol. The zero-order chi connectivity index (χ0) is 14.5. The van der Waals surface area contributed by atoms with Gasteiger partial charge in [-0.25, -0.2) is 0 Å². The van der Waals surface area contributed by atoms with Crippen LogP contribution in [-0.4, -0.2) is 40.7 Å². The molecule has 110 valence electrons. The van der Waals surface area contributed by atoms with Crippen molar-refractivity contribution in [1.82, 2.24) is 4.90 Å². The Morgan fingerprint density at radius 3 is 2.80 bits per heavy atom. The summed E-state index contributed by atoms with van der Waals surface area (Å²) < 4.78 is 0. The molecule has 0 bridgehead atoms. The lowest BCUT2D eigenvalue weighted by molar-refractivity contribution is -0.130. The number of carbonyl (C=O) groups excluding carboxylic acids is 1. The van der Waals surface area contributed by atoms with Gasteiger partial charge in [-0.1, -0.05) is 25.0 Å². The summed E-state index contributed by atoms with van der Waals surface area (Å²) >= 11 is 0. The molecule has 20 heavy (non-hydrogen) atoms. The summed E-state index contributed by atoms with van der Waals surface area (Å²) in [6, 6.07) is 6.78. The third-order valence-electron chi connectivity index (χ3n) is 4.07. The Labute approximate surface area is 120 Å². The van der Waals surface area contributed by atoms with E-state index in [-0.39, 0.29) is 30.1 Å². The lowest BCUT2D eigenvalue weighted by Gasteiger charge is -2.31. The third-order valence-corrected chi connectivity index (χ3v) is 4.07. The van der Waals surface area contributed by atoms with E-state index in [2.05, 4.69) is 0 Å². The molecule has 0 saturated heterocycles. The van der Waals surface area contributed by atoms with E-state index in [0.717, 1.165) is 31.2 Å². The van der Waals surface area contributed by atoms with Gasteiger partial charge in [0, 0.05) is 19.5 Å². The molecule has 0 spiro atoms. The SMILES string of the molecule is CN(CC1CCCCC1O)C(=O)Cc1cccc(O)c1. The minimum atomic E-state index is -0.278. The summed E-state index contributed by atoms with van der Waals surface area (Å²) in [5, 5.41) is 19.4. The van der Waals surface area contributed by atoms with Crippen molar-refractivity contribution in [1.29, 1.82) is 0 Å². The van der Waals surface area contributed by atoms with Crippen LogP contribution >= 0.6 is 0 Å². The van der Waals surface area contributed by atoms with Crippen LogP contribution in [0.2, 0.25) is 0 Å². The first-order valence-electron chi connectivity index (χ1n) is 7.26. The molecule has 4 nitrogen and oxygen atoms in total. The lowest BCUT2D eigenvalue weighted by Crippen LogP contribution is -2.38. The van der Waals surface area contributed by atoms with Crippen LogP contribution in [0.15, 0.2) is 24.3 Å². The Balaban J connectivity index is 1.88. The lowest BCUT2D eigenvalue weighted by atomic mass is 9.86. The Kier molecular flexibility index (Phi) is 5.01. The van der Waals surface area contributed by atoms with Crippen molar-refractivity contribution in [2.45, 2.75) is 38.2 Å². The molecule has 1 aliphatic carbocycles. The van der Waals surface area contributed by atoms with Crippen molar-refractivity contribution in [3.8, 4) is 5.75 Å². The fourth-order valence-corrected chi connectivity index (χ4v) is 2.83. The first-order valence-corrected chi connectivity index (χ1v) is 7.26. The van der Waals surface area contributed by atoms with Crippen LogP contribution < -0.4 is 0 Å². The van der Waals surface area contributed by atoms with Crippen LogP contribution in [0.5, 0.6) is 5.75 Å². The van der Waals surface area contributed by atoms with Crippen LogP contribution in [0.3, 0.4) is 0 Å². The average Bonchev–Trinajstić information content (AvgIpc) is 2.41. The largest absolute Gasteiger partial charge is 0.508 e. The van der Waals surface area contributed by atoms with Gasteiger partial charge < -0.3 is 15.1 Å². The van der Waals surface area contributed by atoms with E-state index >= 15 is 0 Å². The van der Waals surface area contributed by atoms with Crippen molar-refractivity contribution in [3.63, 3.8) is 0 Å². The molecule has 2 rings (SSSR count). The minimum absolute atomic E-state index is 0.0216. The molecular weight excluding hydrogens is 254 g/mol. The smallest absolute Gasteiger partial charge is 0.226 e. The van der Waals surface area contributed by atoms with Gasteiger partial charge in [0.25, 0.3) is 0 Å². The first-order chi connectivity index (χ1) is 9.56. The van der Waals surface area contributed by atoms with Gasteiger partial charge >= 0.3 is 0 Å². The monoisotopic (exact) mass is 277 g/mol. The molecule has 0 aliphatic heterocycles. The molecular formula is C16H23NO3. The minimum Gasteiger partial charge on any atom is -0.508 e. The summed E-state index contributed by atoms with van der Waals surface area (Å²) in [6.45, 7) is 0.610. The van der Waals surface area contributed by atoms with Crippen molar-refractivity contribution in [3.05, 3.63) is 29.8 Å². The number of phenols is 1. The van der Waals surface area contributed by atoms with Crippen LogP contribution in [0.25, 0.3) is 0 Å². The highest BCUT2D eigenvalue weighted by Crippen LogP contribution is 2.25. The van der Waals surface area contributed by atoms with Gasteiger partial charge in [0.05, 0.1) is 12.5 Å². The number of hydrogen-bond donors (Lipinski definition) is 2. The second-order valence-corrected chi connectivity index (χ2v) is 5.73. The zero-order valence-electron chi connectivity index (χ0n) is 12.0. The van der Waals surface area contributed by atoms with E-state index in [9.17, 15) is 15.0 Å². The maximum absolute atomic E-state index is 12.2. The standard InChI is InChI=1S/C16H23NO3/c1-17(11-13-6-2-3-8-15(13)19)16(20)10-12-5-4-7-14(18)9-12/h4-5,7,9,13,15,18-19H,2-3,6,8,10-11H2,1H3. The number of phenolic OH excluding ortho intramolecular Hbond substituents is 1. The second-order valence-electron chi connectivity index (χ2n) is 5.73. The fraction of sp³-hybridized carbons (Fsp3) is 0.562. The Bertz CT molecular complexity index is 461. The molecule has 1 fully saturated rings. The number of aliphatic hydroxyl groups is 1. The van der Waals surface area contributed by atoms with E-state index in [4.69, 9.17) is 0 Å². The average molecular weight is 277 g/mol. The topological polar surface area (TPSA) is 60.8 Å². The summed E-state index contributed by atoms with van der Waals surface area (Å²) in [7, 11) is 1.78. The molecule has 1 aromatic carbocycles. The number of carbonyl (C=O) groups is 1. The molecule has 1 aromatic rings. The molecule has 2 atom stereocenters. The van der Waals surface area contributed by atoms with E-state index in [1.807, 2.05) is 6.07 Å². The number of amides is 1. The number of rotatable bonds is 4. The third kappa shape index (κ3) is 3.97. The Morgan fingerprint density at radius 2 is 2.10 bits per heavy atom. The van der Waals surface area contributed by atoms with Gasteiger partial charge in [-0.05, 0) is 30.5 Å². The first kappa shape index (κ1) is 14.9. The molecule has 1 aliphatic rings. The van der Waals surface area contributed by atoms with Crippen LogP contribution in [-0.2, 0) is 11.2 Å². The molecule has 1 amide bonds. The normalized spacial score (nSPS) is 22.5. The number of aliphatic hydroxyl groups excluding tert-OH is 1. The maximum atomic E-state index is 12.2. The van der Waals surface area contributed by atoms with Crippen LogP contribution in [0, 0.1) is 5.92 Å². The van der Waals surface area contributed by atoms with E-state index in [1.54, 1.807) is 30.1 Å². The Hall–Kier alpha value is -1.55. The summed E-state index contributed by atoms with van der Waals surface area (Å²) in [5.41, 5.74) is 0.811. The van der Waals surface area contributed by atoms with Crippen molar-refractivity contribution in [2.24, 2.45) is 5.92 Å². The van der Waals surface area contributed by atoms with Crippen molar-refractivity contribution < 1.29 is 15.0 Å². The van der Waals surface area contributed by atoms with Gasteiger partial charge in [0.1, 0.15) is 5.75 Å². The molecule has 0 radical (unpaired) electrons. The summed E-state index contributed by atoms with van der Waals surface area (Å²) in [6.07, 6.45) is 4.06. The summed E-state index contributed by atoms with van der Waals surface area (Å²) in [5.74, 6) is 0.399. The van der Waals surface area contributed by atoms with Gasteiger partial charge in [0.2, 0.25) is 5.91 Å². The van der Waals surface area contributed by atoms with Crippen molar-refractivity contribution in [2.75, 3.05) is 13.6 Å². The second kappa shape index (κ2) is 6.75. The number of benzene rings is 1. The number of aromatic hydroxyl groups is 1. The number of likely N-dealkylation sites (N-methyl/N-ethyl adjacent to an activating group) is 1. The number of hydrogen-bond acceptors (Lipinski definition) is 3. The Morgan fingerprint density at radius 1 is 1.35 bits per heavy atom. The molecule has 1 saturated carbocycles. The van der Waals surface area contributed by atoms with Gasteiger partial charge in [-0.3, -0.25) is 4.79 Å². The predicted octanol–water partition coefficient (Wildman–Crippen LogP) is 1.94. The van der Waals surface area contributed by atoms with Crippen LogP contribution in [0.4, 0.5) is 0 Å². The maximum Gasteiger partial charge on any atom is 0.226 e. The van der Waals surface area contributed by atoms with Gasteiger partial charge in [-0.2, -0.15) is 0 Å². The molecule has 4 heteroatoms. The molecule has 0 heterocycles. The highest BCUT2D eigenvalue weighted by atomic mass is 16.3. The van der Waals surface area contributed by atoms with E-state index in [1.165, 1.54) is 0 Å². The van der Waals surface area contributed by atoms with E-state index in [0.29, 0.717) is 6.54 Å². The molecule has 2 N–H and O–H groups in total. The molecule has 2 unspecified atom stereocenters. The molecule has 0 aromatic heterocycles. The van der Waals surface area contributed by atoms with Crippen molar-refractivity contribution >= 4 is 5.91 Å². The zero-order valence-corrected chi connectivity index (χ0v) is 12.0. The van der Waals surface area contributed by atoms with Gasteiger partial charge in [-0.15, -0.1) is 0 Å². The quantitative estimate of drug-likeness (QED) is 0.884. The van der Waals surface area contributed by atoms with E-state index < -0.39 is 0 Å².